The second-order valence-corrected chi connectivity index (χ2v) is 4.35. The smallest absolute Gasteiger partial charge is 0.123 e. The third-order valence-corrected chi connectivity index (χ3v) is 2.47. The van der Waals surface area contributed by atoms with Gasteiger partial charge in [0.15, 0.2) is 0 Å². The van der Waals surface area contributed by atoms with Crippen LogP contribution in [0.15, 0.2) is 24.3 Å². The van der Waals surface area contributed by atoms with E-state index in [1.807, 2.05) is 13.1 Å². The van der Waals surface area contributed by atoms with Crippen molar-refractivity contribution < 1.29 is 4.39 Å². The van der Waals surface area contributed by atoms with Crippen molar-refractivity contribution in [3.8, 4) is 0 Å². The van der Waals surface area contributed by atoms with Crippen molar-refractivity contribution in [3.63, 3.8) is 0 Å². The average molecular weight is 210 g/mol. The molecule has 0 atom stereocenters. The number of benzene rings is 1. The van der Waals surface area contributed by atoms with Crippen molar-refractivity contribution in [1.82, 2.24) is 10.6 Å². The Morgan fingerprint density at radius 3 is 2.67 bits per heavy atom. The van der Waals surface area contributed by atoms with Gasteiger partial charge in [-0.15, -0.1) is 0 Å². The number of hydrogen-bond acceptors (Lipinski definition) is 2. The third-order valence-electron chi connectivity index (χ3n) is 2.47. The summed E-state index contributed by atoms with van der Waals surface area (Å²) >= 11 is 0. The summed E-state index contributed by atoms with van der Waals surface area (Å²) in [4.78, 5) is 0. The van der Waals surface area contributed by atoms with E-state index in [9.17, 15) is 4.39 Å². The van der Waals surface area contributed by atoms with Crippen LogP contribution < -0.4 is 10.6 Å². The molecule has 1 rings (SSSR count). The summed E-state index contributed by atoms with van der Waals surface area (Å²) in [5.41, 5.74) is 0.963. The second-order valence-electron chi connectivity index (χ2n) is 4.35. The molecule has 0 aliphatic carbocycles. The van der Waals surface area contributed by atoms with Gasteiger partial charge in [-0.2, -0.15) is 0 Å². The molecule has 2 N–H and O–H groups in total. The maximum atomic E-state index is 13.1. The zero-order chi connectivity index (χ0) is 11.3. The van der Waals surface area contributed by atoms with Crippen molar-refractivity contribution in [1.29, 1.82) is 0 Å². The van der Waals surface area contributed by atoms with Crippen molar-refractivity contribution in [2.24, 2.45) is 0 Å². The SMILES string of the molecule is CNCNCC(C)(C)c1cccc(F)c1. The molecule has 0 aromatic heterocycles. The van der Waals surface area contributed by atoms with Crippen LogP contribution in [-0.2, 0) is 5.41 Å². The molecular weight excluding hydrogens is 191 g/mol. The molecule has 0 unspecified atom stereocenters. The largest absolute Gasteiger partial charge is 0.308 e. The summed E-state index contributed by atoms with van der Waals surface area (Å²) in [6, 6.07) is 6.79. The fraction of sp³-hybridized carbons (Fsp3) is 0.500. The molecule has 0 aliphatic heterocycles. The van der Waals surface area contributed by atoms with Crippen molar-refractivity contribution >= 4 is 0 Å². The third kappa shape index (κ3) is 3.61. The number of halogens is 1. The standard InChI is InChI=1S/C12H19FN2/c1-12(2,8-15-9-14-3)10-5-4-6-11(13)7-10/h4-7,14-15H,8-9H2,1-3H3. The first-order chi connectivity index (χ1) is 7.06. The monoisotopic (exact) mass is 210 g/mol. The summed E-state index contributed by atoms with van der Waals surface area (Å²) < 4.78 is 13.1. The molecule has 0 bridgehead atoms. The van der Waals surface area contributed by atoms with Gasteiger partial charge in [0.2, 0.25) is 0 Å². The molecule has 0 fully saturated rings. The Morgan fingerprint density at radius 1 is 1.33 bits per heavy atom. The number of nitrogens with one attached hydrogen (secondary N) is 2. The molecule has 1 aromatic carbocycles. The van der Waals surface area contributed by atoms with Crippen molar-refractivity contribution in [3.05, 3.63) is 35.6 Å². The van der Waals surface area contributed by atoms with Crippen molar-refractivity contribution in [2.45, 2.75) is 19.3 Å². The molecule has 0 radical (unpaired) electrons. The van der Waals surface area contributed by atoms with Gasteiger partial charge in [0.05, 0.1) is 0 Å². The van der Waals surface area contributed by atoms with E-state index in [1.54, 1.807) is 12.1 Å². The van der Waals surface area contributed by atoms with E-state index in [0.717, 1.165) is 18.8 Å². The van der Waals surface area contributed by atoms with E-state index in [-0.39, 0.29) is 11.2 Å². The van der Waals surface area contributed by atoms with Crippen LogP contribution in [0.25, 0.3) is 0 Å². The minimum atomic E-state index is -0.172. The van der Waals surface area contributed by atoms with Crippen LogP contribution in [0.3, 0.4) is 0 Å². The Balaban J connectivity index is 2.67. The molecule has 0 aliphatic rings. The van der Waals surface area contributed by atoms with E-state index in [2.05, 4.69) is 24.5 Å². The van der Waals surface area contributed by atoms with E-state index in [1.165, 1.54) is 6.07 Å². The predicted molar refractivity (Wildman–Crippen MR) is 61.4 cm³/mol. The minimum Gasteiger partial charge on any atom is -0.308 e. The Morgan fingerprint density at radius 2 is 2.07 bits per heavy atom. The lowest BCUT2D eigenvalue weighted by molar-refractivity contribution is 0.458. The number of rotatable bonds is 5. The lowest BCUT2D eigenvalue weighted by Crippen LogP contribution is -2.37. The van der Waals surface area contributed by atoms with E-state index in [0.29, 0.717) is 0 Å². The number of hydrogen-bond donors (Lipinski definition) is 2. The Kier molecular flexibility index (Phi) is 4.24. The fourth-order valence-corrected chi connectivity index (χ4v) is 1.51. The summed E-state index contributed by atoms with van der Waals surface area (Å²) in [6.45, 7) is 5.78. The molecule has 0 saturated carbocycles. The molecule has 1 aromatic rings. The Hall–Kier alpha value is -0.930. The average Bonchev–Trinajstić information content (AvgIpc) is 2.18. The quantitative estimate of drug-likeness (QED) is 0.572. The summed E-state index contributed by atoms with van der Waals surface area (Å²) in [5.74, 6) is -0.172. The highest BCUT2D eigenvalue weighted by Gasteiger charge is 2.20. The molecule has 3 heteroatoms. The molecule has 0 spiro atoms. The first-order valence-corrected chi connectivity index (χ1v) is 5.17. The Bertz CT molecular complexity index is 310. The maximum Gasteiger partial charge on any atom is 0.123 e. The van der Waals surface area contributed by atoms with Gasteiger partial charge >= 0.3 is 0 Å². The van der Waals surface area contributed by atoms with Crippen molar-refractivity contribution in [2.75, 3.05) is 20.3 Å². The molecule has 84 valence electrons. The van der Waals surface area contributed by atoms with Gasteiger partial charge in [-0.1, -0.05) is 26.0 Å². The summed E-state index contributed by atoms with van der Waals surface area (Å²) in [7, 11) is 1.89. The lowest BCUT2D eigenvalue weighted by Gasteiger charge is -2.25. The van der Waals surface area contributed by atoms with Gasteiger partial charge in [0.25, 0.3) is 0 Å². The Labute approximate surface area is 90.9 Å². The van der Waals surface area contributed by atoms with Crippen LogP contribution in [0.5, 0.6) is 0 Å². The molecule has 0 amide bonds. The van der Waals surface area contributed by atoms with Gasteiger partial charge in [-0.05, 0) is 24.7 Å². The zero-order valence-corrected chi connectivity index (χ0v) is 9.60. The van der Waals surface area contributed by atoms with Gasteiger partial charge in [0.1, 0.15) is 5.82 Å². The minimum absolute atomic E-state index is 0.0566. The molecule has 0 saturated heterocycles. The predicted octanol–water partition coefficient (Wildman–Crippen LogP) is 1.87. The highest BCUT2D eigenvalue weighted by molar-refractivity contribution is 5.24. The highest BCUT2D eigenvalue weighted by Crippen LogP contribution is 2.22. The summed E-state index contributed by atoms with van der Waals surface area (Å²) in [5, 5.41) is 6.28. The van der Waals surface area contributed by atoms with Gasteiger partial charge in [-0.25, -0.2) is 4.39 Å². The summed E-state index contributed by atoms with van der Waals surface area (Å²) in [6.07, 6.45) is 0. The van der Waals surface area contributed by atoms with Crippen LogP contribution >= 0.6 is 0 Å². The second kappa shape index (κ2) is 5.24. The van der Waals surface area contributed by atoms with Gasteiger partial charge < -0.3 is 10.6 Å². The first-order valence-electron chi connectivity index (χ1n) is 5.17. The van der Waals surface area contributed by atoms with Gasteiger partial charge in [0, 0.05) is 18.6 Å². The van der Waals surface area contributed by atoms with E-state index < -0.39 is 0 Å². The van der Waals surface area contributed by atoms with Gasteiger partial charge in [-0.3, -0.25) is 0 Å². The van der Waals surface area contributed by atoms with Crippen LogP contribution in [0.2, 0.25) is 0 Å². The van der Waals surface area contributed by atoms with Crippen LogP contribution in [-0.4, -0.2) is 20.3 Å². The lowest BCUT2D eigenvalue weighted by atomic mass is 9.84. The zero-order valence-electron chi connectivity index (χ0n) is 9.60. The highest BCUT2D eigenvalue weighted by atomic mass is 19.1. The van der Waals surface area contributed by atoms with E-state index >= 15 is 0 Å². The fourth-order valence-electron chi connectivity index (χ4n) is 1.51. The van der Waals surface area contributed by atoms with E-state index in [4.69, 9.17) is 0 Å². The first kappa shape index (κ1) is 12.1. The normalized spacial score (nSPS) is 11.7. The molecule has 2 nitrogen and oxygen atoms in total. The topological polar surface area (TPSA) is 24.1 Å². The van der Waals surface area contributed by atoms with Crippen LogP contribution in [0.1, 0.15) is 19.4 Å². The maximum absolute atomic E-state index is 13.1. The molecule has 15 heavy (non-hydrogen) atoms. The van der Waals surface area contributed by atoms with Crippen LogP contribution in [0, 0.1) is 5.82 Å². The molecular formula is C12H19FN2. The van der Waals surface area contributed by atoms with Crippen LogP contribution in [0.4, 0.5) is 4.39 Å². The molecule has 0 heterocycles.